The number of nitrogens with zero attached hydrogens (tertiary/aromatic N) is 1. The molecule has 2 rings (SSSR count). The Hall–Kier alpha value is -1.16. The van der Waals surface area contributed by atoms with Crippen molar-refractivity contribution in [2.75, 3.05) is 13.2 Å². The molecule has 1 saturated heterocycles. The SMILES string of the molecule is Fc1ncccc1OC[C@@H]1CCCN1. The molecule has 1 aromatic heterocycles. The Labute approximate surface area is 82.3 Å². The summed E-state index contributed by atoms with van der Waals surface area (Å²) in [5, 5.41) is 3.28. The minimum atomic E-state index is -0.537. The molecule has 0 radical (unpaired) electrons. The lowest BCUT2D eigenvalue weighted by molar-refractivity contribution is 0.262. The van der Waals surface area contributed by atoms with E-state index in [-0.39, 0.29) is 5.75 Å². The number of rotatable bonds is 3. The van der Waals surface area contributed by atoms with Crippen molar-refractivity contribution in [2.45, 2.75) is 18.9 Å². The van der Waals surface area contributed by atoms with Gasteiger partial charge in [0.2, 0.25) is 0 Å². The molecule has 1 N–H and O–H groups in total. The van der Waals surface area contributed by atoms with E-state index in [2.05, 4.69) is 10.3 Å². The van der Waals surface area contributed by atoms with Gasteiger partial charge in [0.25, 0.3) is 5.95 Å². The number of pyridine rings is 1. The summed E-state index contributed by atoms with van der Waals surface area (Å²) < 4.78 is 18.3. The molecular weight excluding hydrogens is 183 g/mol. The molecule has 1 aromatic rings. The van der Waals surface area contributed by atoms with Crippen molar-refractivity contribution >= 4 is 0 Å². The molecule has 3 nitrogen and oxygen atoms in total. The van der Waals surface area contributed by atoms with Crippen LogP contribution in [0.5, 0.6) is 5.75 Å². The molecule has 1 atom stereocenters. The van der Waals surface area contributed by atoms with E-state index in [1.165, 1.54) is 12.6 Å². The lowest BCUT2D eigenvalue weighted by atomic mass is 10.2. The maximum atomic E-state index is 13.0. The maximum absolute atomic E-state index is 13.0. The van der Waals surface area contributed by atoms with Crippen molar-refractivity contribution in [3.8, 4) is 5.75 Å². The Morgan fingerprint density at radius 2 is 2.57 bits per heavy atom. The predicted octanol–water partition coefficient (Wildman–Crippen LogP) is 1.35. The molecule has 4 heteroatoms. The van der Waals surface area contributed by atoms with E-state index in [0.717, 1.165) is 13.0 Å². The van der Waals surface area contributed by atoms with Gasteiger partial charge in [-0.1, -0.05) is 0 Å². The van der Waals surface area contributed by atoms with E-state index < -0.39 is 5.95 Å². The quantitative estimate of drug-likeness (QED) is 0.741. The predicted molar refractivity (Wildman–Crippen MR) is 50.7 cm³/mol. The van der Waals surface area contributed by atoms with E-state index in [1.54, 1.807) is 12.1 Å². The van der Waals surface area contributed by atoms with Crippen LogP contribution in [0, 0.1) is 5.95 Å². The Balaban J connectivity index is 1.88. The van der Waals surface area contributed by atoms with Crippen molar-refractivity contribution in [3.63, 3.8) is 0 Å². The topological polar surface area (TPSA) is 34.1 Å². The van der Waals surface area contributed by atoms with Crippen LogP contribution < -0.4 is 10.1 Å². The van der Waals surface area contributed by atoms with E-state index in [9.17, 15) is 4.39 Å². The number of aromatic nitrogens is 1. The molecule has 0 amide bonds. The Bertz CT molecular complexity index is 300. The summed E-state index contributed by atoms with van der Waals surface area (Å²) in [5.41, 5.74) is 0. The fourth-order valence-electron chi connectivity index (χ4n) is 1.57. The first-order valence-corrected chi connectivity index (χ1v) is 4.83. The second-order valence-electron chi connectivity index (χ2n) is 3.40. The van der Waals surface area contributed by atoms with Gasteiger partial charge in [0.15, 0.2) is 5.75 Å². The van der Waals surface area contributed by atoms with Crippen molar-refractivity contribution < 1.29 is 9.13 Å². The van der Waals surface area contributed by atoms with Gasteiger partial charge in [-0.15, -0.1) is 0 Å². The lowest BCUT2D eigenvalue weighted by Gasteiger charge is -2.11. The third-order valence-corrected chi connectivity index (χ3v) is 2.33. The van der Waals surface area contributed by atoms with Gasteiger partial charge >= 0.3 is 0 Å². The number of hydrogen-bond donors (Lipinski definition) is 1. The highest BCUT2D eigenvalue weighted by Gasteiger charge is 2.15. The standard InChI is InChI=1S/C10H13FN2O/c11-10-9(4-2-6-13-10)14-7-8-3-1-5-12-8/h2,4,6,8,12H,1,3,5,7H2/t8-/m0/s1. The molecule has 0 spiro atoms. The Morgan fingerprint density at radius 1 is 1.64 bits per heavy atom. The molecule has 0 aliphatic carbocycles. The Kier molecular flexibility index (Phi) is 2.93. The fourth-order valence-corrected chi connectivity index (χ4v) is 1.57. The van der Waals surface area contributed by atoms with Crippen molar-refractivity contribution in [2.24, 2.45) is 0 Å². The molecule has 1 fully saturated rings. The van der Waals surface area contributed by atoms with Crippen LogP contribution >= 0.6 is 0 Å². The van der Waals surface area contributed by atoms with Crippen molar-refractivity contribution in [1.29, 1.82) is 0 Å². The van der Waals surface area contributed by atoms with Crippen LogP contribution in [-0.4, -0.2) is 24.2 Å². The minimum Gasteiger partial charge on any atom is -0.487 e. The van der Waals surface area contributed by atoms with Crippen LogP contribution in [0.1, 0.15) is 12.8 Å². The van der Waals surface area contributed by atoms with Gasteiger partial charge in [0.05, 0.1) is 0 Å². The minimum absolute atomic E-state index is 0.237. The second kappa shape index (κ2) is 4.37. The zero-order valence-electron chi connectivity index (χ0n) is 7.87. The molecule has 0 aromatic carbocycles. The number of nitrogens with one attached hydrogen (secondary N) is 1. The lowest BCUT2D eigenvalue weighted by Crippen LogP contribution is -2.28. The third kappa shape index (κ3) is 2.20. The molecule has 76 valence electrons. The van der Waals surface area contributed by atoms with E-state index in [4.69, 9.17) is 4.74 Å². The molecular formula is C10H13FN2O. The smallest absolute Gasteiger partial charge is 0.255 e. The van der Waals surface area contributed by atoms with Gasteiger partial charge in [-0.25, -0.2) is 4.98 Å². The third-order valence-electron chi connectivity index (χ3n) is 2.33. The van der Waals surface area contributed by atoms with Crippen molar-refractivity contribution in [3.05, 3.63) is 24.3 Å². The molecule has 0 saturated carbocycles. The molecule has 0 bridgehead atoms. The first-order chi connectivity index (χ1) is 6.86. The summed E-state index contributed by atoms with van der Waals surface area (Å²) in [6.45, 7) is 1.55. The molecule has 0 unspecified atom stereocenters. The van der Waals surface area contributed by atoms with Gasteiger partial charge in [-0.3, -0.25) is 0 Å². The second-order valence-corrected chi connectivity index (χ2v) is 3.40. The highest BCUT2D eigenvalue weighted by molar-refractivity contribution is 5.17. The zero-order valence-corrected chi connectivity index (χ0v) is 7.87. The van der Waals surface area contributed by atoms with Crippen LogP contribution in [0.4, 0.5) is 4.39 Å². The summed E-state index contributed by atoms with van der Waals surface area (Å²) in [7, 11) is 0. The number of ether oxygens (including phenoxy) is 1. The first kappa shape index (κ1) is 9.40. The average Bonchev–Trinajstić information content (AvgIpc) is 2.69. The zero-order chi connectivity index (χ0) is 9.80. The first-order valence-electron chi connectivity index (χ1n) is 4.83. The number of hydrogen-bond acceptors (Lipinski definition) is 3. The fraction of sp³-hybridized carbons (Fsp3) is 0.500. The van der Waals surface area contributed by atoms with Gasteiger partial charge in [0, 0.05) is 12.2 Å². The van der Waals surface area contributed by atoms with E-state index >= 15 is 0 Å². The highest BCUT2D eigenvalue weighted by atomic mass is 19.1. The molecule has 2 heterocycles. The van der Waals surface area contributed by atoms with E-state index in [1.807, 2.05) is 0 Å². The number of halogens is 1. The molecule has 1 aliphatic heterocycles. The van der Waals surface area contributed by atoms with Crippen LogP contribution in [0.3, 0.4) is 0 Å². The van der Waals surface area contributed by atoms with Gasteiger partial charge < -0.3 is 10.1 Å². The van der Waals surface area contributed by atoms with Gasteiger partial charge in [-0.05, 0) is 31.5 Å². The normalized spacial score (nSPS) is 21.1. The summed E-state index contributed by atoms with van der Waals surface area (Å²) in [6, 6.07) is 3.62. The maximum Gasteiger partial charge on any atom is 0.255 e. The summed E-state index contributed by atoms with van der Waals surface area (Å²) >= 11 is 0. The summed E-state index contributed by atoms with van der Waals surface area (Å²) in [5.74, 6) is -0.299. The highest BCUT2D eigenvalue weighted by Crippen LogP contribution is 2.14. The summed E-state index contributed by atoms with van der Waals surface area (Å²) in [4.78, 5) is 3.51. The van der Waals surface area contributed by atoms with Gasteiger partial charge in [0.1, 0.15) is 6.61 Å². The van der Waals surface area contributed by atoms with Crippen LogP contribution in [0.15, 0.2) is 18.3 Å². The average molecular weight is 196 g/mol. The van der Waals surface area contributed by atoms with E-state index in [0.29, 0.717) is 12.6 Å². The Morgan fingerprint density at radius 3 is 3.29 bits per heavy atom. The summed E-state index contributed by atoms with van der Waals surface area (Å²) in [6.07, 6.45) is 3.68. The van der Waals surface area contributed by atoms with Crippen LogP contribution in [0.2, 0.25) is 0 Å². The van der Waals surface area contributed by atoms with Crippen LogP contribution in [-0.2, 0) is 0 Å². The monoisotopic (exact) mass is 196 g/mol. The molecule has 14 heavy (non-hydrogen) atoms. The largest absolute Gasteiger partial charge is 0.487 e. The molecule has 1 aliphatic rings. The van der Waals surface area contributed by atoms with Crippen LogP contribution in [0.25, 0.3) is 0 Å². The van der Waals surface area contributed by atoms with Gasteiger partial charge in [-0.2, -0.15) is 4.39 Å². The van der Waals surface area contributed by atoms with Crippen molar-refractivity contribution in [1.82, 2.24) is 10.3 Å².